The van der Waals surface area contributed by atoms with Crippen LogP contribution in [0.4, 0.5) is 0 Å². The van der Waals surface area contributed by atoms with E-state index in [-0.39, 0.29) is 0 Å². The van der Waals surface area contributed by atoms with Crippen molar-refractivity contribution in [1.82, 2.24) is 19.9 Å². The van der Waals surface area contributed by atoms with E-state index in [9.17, 15) is 0 Å². The molecule has 0 amide bonds. The molecule has 0 aliphatic carbocycles. The molecule has 0 aliphatic rings. The van der Waals surface area contributed by atoms with Crippen LogP contribution in [0.3, 0.4) is 0 Å². The zero-order valence-electron chi connectivity index (χ0n) is 30.3. The van der Waals surface area contributed by atoms with Gasteiger partial charge in [-0.3, -0.25) is 4.98 Å². The van der Waals surface area contributed by atoms with Gasteiger partial charge in [0.15, 0.2) is 17.5 Å². The first-order chi connectivity index (χ1) is 27.2. The van der Waals surface area contributed by atoms with Crippen LogP contribution in [-0.2, 0) is 0 Å². The van der Waals surface area contributed by atoms with Crippen LogP contribution in [0, 0.1) is 6.92 Å². The van der Waals surface area contributed by atoms with Crippen LogP contribution in [0.2, 0.25) is 0 Å². The third-order valence-electron chi connectivity index (χ3n) is 9.98. The second-order valence-electron chi connectivity index (χ2n) is 13.5. The Morgan fingerprint density at radius 3 is 1.11 bits per heavy atom. The van der Waals surface area contributed by atoms with Crippen molar-refractivity contribution in [3.05, 3.63) is 206 Å². The van der Waals surface area contributed by atoms with Crippen molar-refractivity contribution in [3.8, 4) is 89.8 Å². The summed E-state index contributed by atoms with van der Waals surface area (Å²) in [7, 11) is 0. The SMILES string of the molecule is Cc1ncccc1-c1ccc(-c2nc(-c3ccccc3)nc(-c3ccc(-c4cc(-c5ccccc5)c(-c5ccccc5)c(-c5ccccc5)c4)cc3)n2)cc1. The van der Waals surface area contributed by atoms with Crippen molar-refractivity contribution in [2.75, 3.05) is 0 Å². The summed E-state index contributed by atoms with van der Waals surface area (Å²) < 4.78 is 0. The lowest BCUT2D eigenvalue weighted by Crippen LogP contribution is -2.00. The third kappa shape index (κ3) is 6.97. The molecule has 2 heterocycles. The molecule has 0 saturated heterocycles. The lowest BCUT2D eigenvalue weighted by molar-refractivity contribution is 1.07. The van der Waals surface area contributed by atoms with Gasteiger partial charge in [-0.2, -0.15) is 0 Å². The molecule has 260 valence electrons. The molecule has 0 N–H and O–H groups in total. The van der Waals surface area contributed by atoms with Crippen LogP contribution < -0.4 is 0 Å². The summed E-state index contributed by atoms with van der Waals surface area (Å²) in [6.07, 6.45) is 1.82. The summed E-state index contributed by atoms with van der Waals surface area (Å²) in [6.45, 7) is 2.03. The van der Waals surface area contributed by atoms with Crippen molar-refractivity contribution in [2.45, 2.75) is 6.92 Å². The van der Waals surface area contributed by atoms with E-state index >= 15 is 0 Å². The number of rotatable bonds is 8. The Kier molecular flexibility index (Phi) is 9.13. The molecule has 0 atom stereocenters. The molecule has 0 spiro atoms. The van der Waals surface area contributed by atoms with Gasteiger partial charge in [0.1, 0.15) is 0 Å². The summed E-state index contributed by atoms with van der Waals surface area (Å²) >= 11 is 0. The van der Waals surface area contributed by atoms with Gasteiger partial charge in [-0.15, -0.1) is 0 Å². The van der Waals surface area contributed by atoms with Crippen molar-refractivity contribution in [3.63, 3.8) is 0 Å². The molecule has 0 unspecified atom stereocenters. The number of aryl methyl sites for hydroxylation is 1. The highest BCUT2D eigenvalue weighted by molar-refractivity contribution is 5.97. The summed E-state index contributed by atoms with van der Waals surface area (Å²) in [5, 5.41) is 0. The highest BCUT2D eigenvalue weighted by Gasteiger charge is 2.18. The van der Waals surface area contributed by atoms with E-state index in [0.717, 1.165) is 44.6 Å². The molecule has 0 fully saturated rings. The maximum atomic E-state index is 5.04. The van der Waals surface area contributed by atoms with Crippen LogP contribution in [0.25, 0.3) is 89.8 Å². The summed E-state index contributed by atoms with van der Waals surface area (Å²) in [4.78, 5) is 19.5. The number of nitrogens with zero attached hydrogens (tertiary/aromatic N) is 4. The average molecular weight is 705 g/mol. The van der Waals surface area contributed by atoms with Gasteiger partial charge >= 0.3 is 0 Å². The van der Waals surface area contributed by atoms with Crippen LogP contribution in [0.15, 0.2) is 200 Å². The van der Waals surface area contributed by atoms with Crippen molar-refractivity contribution in [1.29, 1.82) is 0 Å². The zero-order valence-corrected chi connectivity index (χ0v) is 30.3. The fourth-order valence-corrected chi connectivity index (χ4v) is 7.17. The molecule has 0 aliphatic heterocycles. The fraction of sp³-hybridized carbons (Fsp3) is 0.0196. The minimum atomic E-state index is 0.622. The van der Waals surface area contributed by atoms with Crippen LogP contribution in [0.5, 0.6) is 0 Å². The maximum Gasteiger partial charge on any atom is 0.164 e. The molecule has 4 heteroatoms. The molecule has 9 rings (SSSR count). The van der Waals surface area contributed by atoms with E-state index in [2.05, 4.69) is 163 Å². The molecule has 9 aromatic rings. The molecule has 4 nitrogen and oxygen atoms in total. The van der Waals surface area contributed by atoms with Crippen LogP contribution in [-0.4, -0.2) is 19.9 Å². The molecule has 2 aromatic heterocycles. The molecule has 55 heavy (non-hydrogen) atoms. The van der Waals surface area contributed by atoms with Crippen molar-refractivity contribution >= 4 is 0 Å². The highest BCUT2D eigenvalue weighted by atomic mass is 15.0. The largest absolute Gasteiger partial charge is 0.261 e. The quantitative estimate of drug-likeness (QED) is 0.158. The summed E-state index contributed by atoms with van der Waals surface area (Å²) in [5.41, 5.74) is 15.3. The Bertz CT molecular complexity index is 2650. The Labute approximate surface area is 321 Å². The smallest absolute Gasteiger partial charge is 0.164 e. The zero-order chi connectivity index (χ0) is 37.0. The minimum absolute atomic E-state index is 0.622. The lowest BCUT2D eigenvalue weighted by Gasteiger charge is -2.19. The van der Waals surface area contributed by atoms with Gasteiger partial charge in [-0.05, 0) is 75.2 Å². The number of hydrogen-bond acceptors (Lipinski definition) is 4. The van der Waals surface area contributed by atoms with Gasteiger partial charge in [0.25, 0.3) is 0 Å². The Morgan fingerprint density at radius 1 is 0.291 bits per heavy atom. The average Bonchev–Trinajstić information content (AvgIpc) is 3.27. The van der Waals surface area contributed by atoms with Crippen molar-refractivity contribution < 1.29 is 0 Å². The highest BCUT2D eigenvalue weighted by Crippen LogP contribution is 2.43. The lowest BCUT2D eigenvalue weighted by atomic mass is 9.84. The standard InChI is InChI=1S/C51H36N4/c1-35-45(23-14-32-52-35)39-26-30-43(31-27-39)51-54-49(41-21-12-5-13-22-41)53-50(55-51)42-28-24-36(25-29-42)44-33-46(37-15-6-2-7-16-37)48(40-19-10-4-11-20-40)47(34-44)38-17-8-3-9-18-38/h2-34H,1H3. The maximum absolute atomic E-state index is 5.04. The van der Waals surface area contributed by atoms with E-state index in [1.54, 1.807) is 0 Å². The molecule has 7 aromatic carbocycles. The number of hydrogen-bond donors (Lipinski definition) is 0. The Morgan fingerprint density at radius 2 is 0.655 bits per heavy atom. The Balaban J connectivity index is 1.15. The normalized spacial score (nSPS) is 11.0. The van der Waals surface area contributed by atoms with E-state index in [0.29, 0.717) is 17.5 Å². The van der Waals surface area contributed by atoms with Gasteiger partial charge in [0.05, 0.1) is 0 Å². The molecule has 0 bridgehead atoms. The van der Waals surface area contributed by atoms with E-state index in [4.69, 9.17) is 15.0 Å². The van der Waals surface area contributed by atoms with E-state index in [1.807, 2.05) is 49.5 Å². The first-order valence-electron chi connectivity index (χ1n) is 18.5. The third-order valence-corrected chi connectivity index (χ3v) is 9.98. The number of benzene rings is 7. The van der Waals surface area contributed by atoms with Crippen molar-refractivity contribution in [2.24, 2.45) is 0 Å². The summed E-state index contributed by atoms with van der Waals surface area (Å²) in [5.74, 6) is 1.88. The van der Waals surface area contributed by atoms with Crippen LogP contribution in [0.1, 0.15) is 5.69 Å². The van der Waals surface area contributed by atoms with Gasteiger partial charge in [0, 0.05) is 34.1 Å². The number of pyridine rings is 1. The monoisotopic (exact) mass is 704 g/mol. The fourth-order valence-electron chi connectivity index (χ4n) is 7.17. The van der Waals surface area contributed by atoms with Gasteiger partial charge in [-0.25, -0.2) is 15.0 Å². The second kappa shape index (κ2) is 15.0. The van der Waals surface area contributed by atoms with E-state index in [1.165, 1.54) is 33.4 Å². The first kappa shape index (κ1) is 33.5. The minimum Gasteiger partial charge on any atom is -0.261 e. The Hall–Kier alpha value is -7.30. The molecule has 0 saturated carbocycles. The van der Waals surface area contributed by atoms with Gasteiger partial charge in [-0.1, -0.05) is 176 Å². The molecular formula is C51H36N4. The first-order valence-corrected chi connectivity index (χ1v) is 18.5. The van der Waals surface area contributed by atoms with Gasteiger partial charge in [0.2, 0.25) is 0 Å². The summed E-state index contributed by atoms with van der Waals surface area (Å²) in [6, 6.07) is 67.8. The molecule has 0 radical (unpaired) electrons. The van der Waals surface area contributed by atoms with E-state index < -0.39 is 0 Å². The predicted molar refractivity (Wildman–Crippen MR) is 226 cm³/mol. The van der Waals surface area contributed by atoms with Crippen LogP contribution >= 0.6 is 0 Å². The molecular weight excluding hydrogens is 669 g/mol. The number of aromatic nitrogens is 4. The van der Waals surface area contributed by atoms with Gasteiger partial charge < -0.3 is 0 Å². The topological polar surface area (TPSA) is 51.6 Å². The predicted octanol–water partition coefficient (Wildman–Crippen LogP) is 12.9. The second-order valence-corrected chi connectivity index (χ2v) is 13.5.